The van der Waals surface area contributed by atoms with Crippen molar-refractivity contribution >= 4 is 19.8 Å². The lowest BCUT2D eigenvalue weighted by Gasteiger charge is -2.18. The summed E-state index contributed by atoms with van der Waals surface area (Å²) in [6.07, 6.45) is 34.4. The minimum Gasteiger partial charge on any atom is -0.462 e. The summed E-state index contributed by atoms with van der Waals surface area (Å²) < 4.78 is 26.2. The van der Waals surface area contributed by atoms with Gasteiger partial charge in [0, 0.05) is 12.8 Å². The Bertz CT molecular complexity index is 818. The van der Waals surface area contributed by atoms with Gasteiger partial charge in [-0.2, -0.15) is 0 Å². The molecule has 0 spiro atoms. The van der Waals surface area contributed by atoms with E-state index in [1.807, 2.05) is 0 Å². The second kappa shape index (κ2) is 31.3. The molecule has 0 heterocycles. The SMILES string of the molecule is CCCC/C=C/CCCCCCCC(=O)O[C@H](COC(=O)CCCCCCC/C=C/C/C=C/CCCCC)COP(=O)(O)O. The first-order valence-corrected chi connectivity index (χ1v) is 18.8. The van der Waals surface area contributed by atoms with Crippen LogP contribution in [0.25, 0.3) is 0 Å². The summed E-state index contributed by atoms with van der Waals surface area (Å²) in [5.74, 6) is -0.916. The largest absolute Gasteiger partial charge is 0.469 e. The molecule has 1 atom stereocenters. The van der Waals surface area contributed by atoms with E-state index in [0.29, 0.717) is 12.8 Å². The molecule has 256 valence electrons. The molecule has 0 aromatic carbocycles. The monoisotopic (exact) mass is 642 g/mol. The molecular formula is C35H63O8P. The topological polar surface area (TPSA) is 119 Å². The van der Waals surface area contributed by atoms with Gasteiger partial charge in [-0.15, -0.1) is 0 Å². The molecule has 0 fully saturated rings. The number of phosphoric acid groups is 1. The molecule has 0 amide bonds. The fraction of sp³-hybridized carbons (Fsp3) is 0.771. The highest BCUT2D eigenvalue weighted by molar-refractivity contribution is 7.46. The van der Waals surface area contributed by atoms with E-state index in [2.05, 4.69) is 54.8 Å². The third-order valence-electron chi connectivity index (χ3n) is 7.13. The summed E-state index contributed by atoms with van der Waals surface area (Å²) in [5, 5.41) is 0. The van der Waals surface area contributed by atoms with E-state index in [-0.39, 0.29) is 19.4 Å². The number of carbonyl (C=O) groups is 2. The van der Waals surface area contributed by atoms with E-state index in [0.717, 1.165) is 77.0 Å². The molecule has 0 rings (SSSR count). The van der Waals surface area contributed by atoms with Crippen molar-refractivity contribution < 1.29 is 37.9 Å². The lowest BCUT2D eigenvalue weighted by molar-refractivity contribution is -0.161. The van der Waals surface area contributed by atoms with Crippen molar-refractivity contribution in [3.8, 4) is 0 Å². The zero-order valence-corrected chi connectivity index (χ0v) is 28.7. The molecule has 0 bridgehead atoms. The number of ether oxygens (including phenoxy) is 2. The van der Waals surface area contributed by atoms with Gasteiger partial charge in [0.1, 0.15) is 6.61 Å². The summed E-state index contributed by atoms with van der Waals surface area (Å²) in [4.78, 5) is 42.5. The number of carbonyl (C=O) groups excluding carboxylic acids is 2. The van der Waals surface area contributed by atoms with Gasteiger partial charge in [-0.1, -0.05) is 115 Å². The second-order valence-electron chi connectivity index (χ2n) is 11.5. The Labute approximate surface area is 268 Å². The van der Waals surface area contributed by atoms with Crippen LogP contribution in [0, 0.1) is 0 Å². The van der Waals surface area contributed by atoms with E-state index < -0.39 is 32.5 Å². The van der Waals surface area contributed by atoms with E-state index in [1.54, 1.807) is 0 Å². The van der Waals surface area contributed by atoms with Crippen molar-refractivity contribution in [1.82, 2.24) is 0 Å². The summed E-state index contributed by atoms with van der Waals surface area (Å²) in [6.45, 7) is 3.57. The van der Waals surface area contributed by atoms with Crippen molar-refractivity contribution in [2.45, 2.75) is 161 Å². The molecule has 9 heteroatoms. The van der Waals surface area contributed by atoms with E-state index in [9.17, 15) is 14.2 Å². The number of hydrogen-bond donors (Lipinski definition) is 2. The van der Waals surface area contributed by atoms with Crippen LogP contribution in [0.2, 0.25) is 0 Å². The third kappa shape index (κ3) is 33.2. The number of esters is 2. The summed E-state index contributed by atoms with van der Waals surface area (Å²) in [6, 6.07) is 0. The van der Waals surface area contributed by atoms with Gasteiger partial charge in [0.25, 0.3) is 0 Å². The molecule has 0 unspecified atom stereocenters. The van der Waals surface area contributed by atoms with Gasteiger partial charge in [-0.3, -0.25) is 14.1 Å². The third-order valence-corrected chi connectivity index (χ3v) is 7.62. The van der Waals surface area contributed by atoms with Crippen LogP contribution in [0.4, 0.5) is 0 Å². The maximum atomic E-state index is 12.3. The van der Waals surface area contributed by atoms with Crippen LogP contribution < -0.4 is 0 Å². The fourth-order valence-corrected chi connectivity index (χ4v) is 4.86. The second-order valence-corrected chi connectivity index (χ2v) is 12.7. The molecule has 0 aliphatic heterocycles. The van der Waals surface area contributed by atoms with Gasteiger partial charge in [-0.25, -0.2) is 4.57 Å². The van der Waals surface area contributed by atoms with Gasteiger partial charge < -0.3 is 19.3 Å². The number of phosphoric ester groups is 1. The van der Waals surface area contributed by atoms with Crippen molar-refractivity contribution in [1.29, 1.82) is 0 Å². The molecule has 44 heavy (non-hydrogen) atoms. The normalized spacial score (nSPS) is 12.9. The fourth-order valence-electron chi connectivity index (χ4n) is 4.50. The Morgan fingerprint density at radius 2 is 1.05 bits per heavy atom. The Hall–Kier alpha value is -1.73. The molecule has 0 saturated carbocycles. The van der Waals surface area contributed by atoms with Crippen LogP contribution in [0.5, 0.6) is 0 Å². The maximum absolute atomic E-state index is 12.3. The molecule has 2 N–H and O–H groups in total. The minimum absolute atomic E-state index is 0.198. The highest BCUT2D eigenvalue weighted by atomic mass is 31.2. The van der Waals surface area contributed by atoms with Gasteiger partial charge in [-0.05, 0) is 64.2 Å². The average molecular weight is 643 g/mol. The molecule has 0 aromatic rings. The molecule has 0 aliphatic carbocycles. The Kier molecular flexibility index (Phi) is 30.0. The summed E-state index contributed by atoms with van der Waals surface area (Å²) in [5.41, 5.74) is 0. The molecule has 0 aromatic heterocycles. The number of rotatable bonds is 31. The summed E-state index contributed by atoms with van der Waals surface area (Å²) in [7, 11) is -4.75. The maximum Gasteiger partial charge on any atom is 0.469 e. The van der Waals surface area contributed by atoms with Crippen molar-refractivity contribution in [3.63, 3.8) is 0 Å². The number of hydrogen-bond acceptors (Lipinski definition) is 6. The van der Waals surface area contributed by atoms with Crippen LogP contribution >= 0.6 is 7.82 Å². The van der Waals surface area contributed by atoms with Crippen molar-refractivity contribution in [2.75, 3.05) is 13.2 Å². The van der Waals surface area contributed by atoms with Crippen LogP contribution in [-0.2, 0) is 28.2 Å². The lowest BCUT2D eigenvalue weighted by Crippen LogP contribution is -2.29. The smallest absolute Gasteiger partial charge is 0.462 e. The number of unbranched alkanes of at least 4 members (excludes halogenated alkanes) is 15. The van der Waals surface area contributed by atoms with Gasteiger partial charge >= 0.3 is 19.8 Å². The molecule has 0 saturated heterocycles. The highest BCUT2D eigenvalue weighted by Crippen LogP contribution is 2.35. The van der Waals surface area contributed by atoms with Crippen LogP contribution in [0.15, 0.2) is 36.5 Å². The first-order chi connectivity index (χ1) is 21.3. The Morgan fingerprint density at radius 3 is 1.59 bits per heavy atom. The summed E-state index contributed by atoms with van der Waals surface area (Å²) >= 11 is 0. The van der Waals surface area contributed by atoms with Gasteiger partial charge in [0.05, 0.1) is 6.61 Å². The first kappa shape index (κ1) is 42.3. The Morgan fingerprint density at radius 1 is 0.591 bits per heavy atom. The number of allylic oxidation sites excluding steroid dienone is 6. The molecular weight excluding hydrogens is 579 g/mol. The van der Waals surface area contributed by atoms with E-state index >= 15 is 0 Å². The molecule has 8 nitrogen and oxygen atoms in total. The average Bonchev–Trinajstić information content (AvgIpc) is 2.98. The minimum atomic E-state index is -4.75. The predicted octanol–water partition coefficient (Wildman–Crippen LogP) is 9.84. The zero-order chi connectivity index (χ0) is 32.6. The molecule has 0 aliphatic rings. The Balaban J connectivity index is 4.04. The van der Waals surface area contributed by atoms with E-state index in [4.69, 9.17) is 19.3 Å². The standard InChI is InChI=1S/C35H63O8P/c1-3-5-7-9-11-13-15-16-17-18-20-21-23-25-27-29-34(36)41-31-33(32-42-44(38,39)40)43-35(37)30-28-26-24-22-19-14-12-10-8-6-4-2/h10-13,16-17,33H,3-9,14-15,18-32H2,1-2H3,(H2,38,39,40)/b12-10+,13-11+,17-16+/t33-/m1/s1. The zero-order valence-electron chi connectivity index (χ0n) is 27.8. The van der Waals surface area contributed by atoms with Gasteiger partial charge in [0.15, 0.2) is 6.10 Å². The predicted molar refractivity (Wildman–Crippen MR) is 179 cm³/mol. The van der Waals surface area contributed by atoms with Crippen molar-refractivity contribution in [3.05, 3.63) is 36.5 Å². The lowest BCUT2D eigenvalue weighted by atomic mass is 10.1. The highest BCUT2D eigenvalue weighted by Gasteiger charge is 2.22. The molecule has 0 radical (unpaired) electrons. The van der Waals surface area contributed by atoms with Crippen LogP contribution in [0.1, 0.15) is 155 Å². The van der Waals surface area contributed by atoms with Crippen molar-refractivity contribution in [2.24, 2.45) is 0 Å². The van der Waals surface area contributed by atoms with Crippen LogP contribution in [0.3, 0.4) is 0 Å². The van der Waals surface area contributed by atoms with E-state index in [1.165, 1.54) is 38.5 Å². The quantitative estimate of drug-likeness (QED) is 0.0332. The van der Waals surface area contributed by atoms with Gasteiger partial charge in [0.2, 0.25) is 0 Å². The van der Waals surface area contributed by atoms with Crippen LogP contribution in [-0.4, -0.2) is 41.0 Å². The first-order valence-electron chi connectivity index (χ1n) is 17.3.